The predicted molar refractivity (Wildman–Crippen MR) is 79.6 cm³/mol. The van der Waals surface area contributed by atoms with E-state index < -0.39 is 16.0 Å². The zero-order valence-electron chi connectivity index (χ0n) is 12.2. The zero-order valence-corrected chi connectivity index (χ0v) is 13.8. The van der Waals surface area contributed by atoms with Crippen molar-refractivity contribution in [1.29, 1.82) is 0 Å². The number of halogens is 1. The van der Waals surface area contributed by atoms with Gasteiger partial charge in [-0.15, -0.1) is 0 Å². The molecular weight excluding hydrogens is 318 g/mol. The molecule has 8 heteroatoms. The molecule has 0 saturated heterocycles. The summed E-state index contributed by atoms with van der Waals surface area (Å²) in [6.07, 6.45) is 0. The Labute approximate surface area is 129 Å². The normalized spacial score (nSPS) is 12.2. The summed E-state index contributed by atoms with van der Waals surface area (Å²) in [4.78, 5) is 10.9. The van der Waals surface area contributed by atoms with Crippen LogP contribution in [0.3, 0.4) is 0 Å². The lowest BCUT2D eigenvalue weighted by molar-refractivity contribution is 0.0693. The summed E-state index contributed by atoms with van der Waals surface area (Å²) in [6.45, 7) is 5.79. The molecule has 0 fully saturated rings. The van der Waals surface area contributed by atoms with Crippen molar-refractivity contribution in [3.8, 4) is 5.75 Å². The molecule has 1 rings (SSSR count). The second-order valence-electron chi connectivity index (χ2n) is 5.68. The van der Waals surface area contributed by atoms with E-state index in [-0.39, 0.29) is 33.2 Å². The van der Waals surface area contributed by atoms with Crippen LogP contribution < -0.4 is 9.46 Å². The Bertz CT molecular complexity index is 649. The molecule has 2 N–H and O–H groups in total. The van der Waals surface area contributed by atoms with Gasteiger partial charge in [-0.2, -0.15) is 0 Å². The van der Waals surface area contributed by atoms with Crippen LogP contribution in [0.5, 0.6) is 5.75 Å². The van der Waals surface area contributed by atoms with Crippen LogP contribution in [-0.2, 0) is 10.0 Å². The Kier molecular flexibility index (Phi) is 5.25. The van der Waals surface area contributed by atoms with Crippen LogP contribution in [0.4, 0.5) is 0 Å². The van der Waals surface area contributed by atoms with Crippen molar-refractivity contribution in [2.45, 2.75) is 25.7 Å². The van der Waals surface area contributed by atoms with E-state index in [4.69, 9.17) is 21.4 Å². The number of nitrogens with one attached hydrogen (secondary N) is 1. The first kappa shape index (κ1) is 17.7. The number of hydrogen-bond acceptors (Lipinski definition) is 4. The molecule has 0 saturated carbocycles. The molecule has 118 valence electrons. The maximum atomic E-state index is 12.3. The maximum Gasteiger partial charge on any atom is 0.339 e. The number of hydrogen-bond donors (Lipinski definition) is 2. The second-order valence-corrected chi connectivity index (χ2v) is 7.85. The number of carboxylic acid groups (broad SMARTS) is 1. The minimum Gasteiger partial charge on any atom is -0.494 e. The Morgan fingerprint density at radius 2 is 1.95 bits per heavy atom. The van der Waals surface area contributed by atoms with Gasteiger partial charge in [0.1, 0.15) is 10.5 Å². The maximum absolute atomic E-state index is 12.3. The third-order valence-electron chi connectivity index (χ3n) is 2.54. The molecule has 0 amide bonds. The van der Waals surface area contributed by atoms with E-state index in [1.807, 2.05) is 20.8 Å². The van der Waals surface area contributed by atoms with Crippen molar-refractivity contribution in [1.82, 2.24) is 4.72 Å². The average molecular weight is 336 g/mol. The zero-order chi connectivity index (χ0) is 16.4. The fourth-order valence-corrected chi connectivity index (χ4v) is 3.31. The van der Waals surface area contributed by atoms with E-state index in [9.17, 15) is 13.2 Å². The van der Waals surface area contributed by atoms with Gasteiger partial charge in [0, 0.05) is 11.6 Å². The standard InChI is InChI=1S/C13H18ClNO5S/c1-13(2,3)7-15-21(18,19)10-6-8(14)5-9(12(16)17)11(10)20-4/h5-6,15H,7H2,1-4H3,(H,16,17). The van der Waals surface area contributed by atoms with Crippen molar-refractivity contribution in [2.75, 3.05) is 13.7 Å². The topological polar surface area (TPSA) is 92.7 Å². The van der Waals surface area contributed by atoms with Crippen LogP contribution in [0.1, 0.15) is 31.1 Å². The molecule has 0 aliphatic rings. The summed E-state index contributed by atoms with van der Waals surface area (Å²) in [5.41, 5.74) is -0.574. The summed E-state index contributed by atoms with van der Waals surface area (Å²) >= 11 is 5.81. The molecule has 1 aromatic rings. The van der Waals surface area contributed by atoms with Gasteiger partial charge in [-0.1, -0.05) is 32.4 Å². The molecule has 0 bridgehead atoms. The van der Waals surface area contributed by atoms with Crippen molar-refractivity contribution in [2.24, 2.45) is 5.41 Å². The molecular formula is C13H18ClNO5S. The van der Waals surface area contributed by atoms with Gasteiger partial charge in [0.2, 0.25) is 10.0 Å². The highest BCUT2D eigenvalue weighted by Crippen LogP contribution is 2.32. The molecule has 21 heavy (non-hydrogen) atoms. The summed E-state index contributed by atoms with van der Waals surface area (Å²) < 4.78 is 32.1. The van der Waals surface area contributed by atoms with E-state index in [0.717, 1.165) is 12.1 Å². The van der Waals surface area contributed by atoms with Gasteiger partial charge in [0.25, 0.3) is 0 Å². The predicted octanol–water partition coefficient (Wildman–Crippen LogP) is 2.37. The monoisotopic (exact) mass is 335 g/mol. The van der Waals surface area contributed by atoms with Crippen LogP contribution in [-0.4, -0.2) is 33.1 Å². The number of rotatable bonds is 5. The van der Waals surface area contributed by atoms with E-state index in [1.165, 1.54) is 7.11 Å². The van der Waals surface area contributed by atoms with Crippen LogP contribution in [0, 0.1) is 5.41 Å². The molecule has 0 unspecified atom stereocenters. The number of carbonyl (C=O) groups is 1. The second kappa shape index (κ2) is 6.21. The van der Waals surface area contributed by atoms with E-state index in [2.05, 4.69) is 4.72 Å². The molecule has 0 heterocycles. The van der Waals surface area contributed by atoms with Gasteiger partial charge in [-0.3, -0.25) is 0 Å². The van der Waals surface area contributed by atoms with Crippen molar-refractivity contribution < 1.29 is 23.1 Å². The summed E-state index contributed by atoms with van der Waals surface area (Å²) in [7, 11) is -2.73. The molecule has 0 radical (unpaired) electrons. The smallest absolute Gasteiger partial charge is 0.339 e. The first-order valence-corrected chi connectivity index (χ1v) is 7.94. The Morgan fingerprint density at radius 1 is 1.38 bits per heavy atom. The highest BCUT2D eigenvalue weighted by molar-refractivity contribution is 7.89. The van der Waals surface area contributed by atoms with Crippen molar-refractivity contribution in [3.05, 3.63) is 22.7 Å². The minimum atomic E-state index is -3.94. The van der Waals surface area contributed by atoms with Crippen molar-refractivity contribution >= 4 is 27.6 Å². The number of benzene rings is 1. The largest absolute Gasteiger partial charge is 0.494 e. The van der Waals surface area contributed by atoms with Gasteiger partial charge in [0.05, 0.1) is 7.11 Å². The molecule has 0 aliphatic heterocycles. The van der Waals surface area contributed by atoms with E-state index >= 15 is 0 Å². The third kappa shape index (κ3) is 4.59. The van der Waals surface area contributed by atoms with Crippen molar-refractivity contribution in [3.63, 3.8) is 0 Å². The minimum absolute atomic E-state index is 0.00401. The molecule has 0 atom stereocenters. The van der Waals surface area contributed by atoms with Crippen LogP contribution >= 0.6 is 11.6 Å². The number of ether oxygens (including phenoxy) is 1. The van der Waals surface area contributed by atoms with Gasteiger partial charge < -0.3 is 9.84 Å². The highest BCUT2D eigenvalue weighted by Gasteiger charge is 2.26. The summed E-state index contributed by atoms with van der Waals surface area (Å²) in [5.74, 6) is -1.56. The van der Waals surface area contributed by atoms with Gasteiger partial charge in [-0.25, -0.2) is 17.9 Å². The summed E-state index contributed by atoms with van der Waals surface area (Å²) in [6, 6.07) is 2.31. The average Bonchev–Trinajstić information content (AvgIpc) is 2.34. The lowest BCUT2D eigenvalue weighted by atomic mass is 9.98. The Balaban J connectivity index is 3.38. The molecule has 6 nitrogen and oxygen atoms in total. The number of sulfonamides is 1. The van der Waals surface area contributed by atoms with Crippen LogP contribution in [0.25, 0.3) is 0 Å². The lowest BCUT2D eigenvalue weighted by Gasteiger charge is -2.20. The van der Waals surface area contributed by atoms with Gasteiger partial charge in [0.15, 0.2) is 5.75 Å². The fraction of sp³-hybridized carbons (Fsp3) is 0.462. The van der Waals surface area contributed by atoms with Crippen LogP contribution in [0.15, 0.2) is 17.0 Å². The highest BCUT2D eigenvalue weighted by atomic mass is 35.5. The Morgan fingerprint density at radius 3 is 2.38 bits per heavy atom. The van der Waals surface area contributed by atoms with E-state index in [1.54, 1.807) is 0 Å². The molecule has 1 aromatic carbocycles. The van der Waals surface area contributed by atoms with Gasteiger partial charge in [-0.05, 0) is 17.5 Å². The lowest BCUT2D eigenvalue weighted by Crippen LogP contribution is -2.32. The fourth-order valence-electron chi connectivity index (χ4n) is 1.53. The quantitative estimate of drug-likeness (QED) is 0.861. The Hall–Kier alpha value is -1.31. The van der Waals surface area contributed by atoms with Gasteiger partial charge >= 0.3 is 5.97 Å². The first-order valence-electron chi connectivity index (χ1n) is 6.08. The third-order valence-corrected chi connectivity index (χ3v) is 4.16. The SMILES string of the molecule is COc1c(C(=O)O)cc(Cl)cc1S(=O)(=O)NCC(C)(C)C. The summed E-state index contributed by atoms with van der Waals surface area (Å²) in [5, 5.41) is 9.12. The molecule has 0 aromatic heterocycles. The van der Waals surface area contributed by atoms with E-state index in [0.29, 0.717) is 0 Å². The molecule has 0 aliphatic carbocycles. The number of carboxylic acids is 1. The first-order chi connectivity index (χ1) is 9.48. The number of methoxy groups -OCH3 is 1. The number of aromatic carboxylic acids is 1. The molecule has 0 spiro atoms. The van der Waals surface area contributed by atoms with Crippen LogP contribution in [0.2, 0.25) is 5.02 Å².